The van der Waals surface area contributed by atoms with Gasteiger partial charge in [0.15, 0.2) is 5.78 Å². The van der Waals surface area contributed by atoms with Crippen LogP contribution in [0.3, 0.4) is 0 Å². The number of rotatable bonds is 10. The van der Waals surface area contributed by atoms with Crippen molar-refractivity contribution in [3.8, 4) is 0 Å². The second-order valence-corrected chi connectivity index (χ2v) is 10.2. The first-order chi connectivity index (χ1) is 19.7. The summed E-state index contributed by atoms with van der Waals surface area (Å²) in [4.78, 5) is 48.1. The molecule has 4 aromatic rings. The van der Waals surface area contributed by atoms with Crippen LogP contribution in [-0.2, 0) is 22.7 Å². The second-order valence-electron chi connectivity index (χ2n) is 9.84. The molecule has 5 rings (SSSR count). The number of anilines is 2. The van der Waals surface area contributed by atoms with Crippen LogP contribution >= 0.6 is 11.6 Å². The fourth-order valence-corrected chi connectivity index (χ4v) is 4.90. The number of halogens is 2. The van der Waals surface area contributed by atoms with Gasteiger partial charge in [0.05, 0.1) is 41.3 Å². The lowest BCUT2D eigenvalue weighted by Crippen LogP contribution is -2.53. The first kappa shape index (κ1) is 28.1. The molecule has 2 aromatic heterocycles. The number of amides is 2. The van der Waals surface area contributed by atoms with E-state index in [1.807, 2.05) is 0 Å². The molecule has 2 amide bonds. The van der Waals surface area contributed by atoms with Crippen molar-refractivity contribution in [2.75, 3.05) is 11.9 Å². The predicted molar refractivity (Wildman–Crippen MR) is 149 cm³/mol. The molecule has 2 heterocycles. The van der Waals surface area contributed by atoms with E-state index in [4.69, 9.17) is 11.6 Å². The van der Waals surface area contributed by atoms with Crippen molar-refractivity contribution in [1.29, 1.82) is 0 Å². The highest BCUT2D eigenvalue weighted by atomic mass is 35.5. The molecular weight excluding hydrogens is 553 g/mol. The van der Waals surface area contributed by atoms with Gasteiger partial charge in [-0.1, -0.05) is 23.7 Å². The van der Waals surface area contributed by atoms with Crippen LogP contribution in [0.5, 0.6) is 0 Å². The third kappa shape index (κ3) is 6.34. The predicted octanol–water partition coefficient (Wildman–Crippen LogP) is 3.23. The number of aliphatic hydroxyl groups is 1. The molecule has 0 aliphatic heterocycles. The zero-order valence-electron chi connectivity index (χ0n) is 22.1. The van der Waals surface area contributed by atoms with Gasteiger partial charge in [0.25, 0.3) is 0 Å². The zero-order valence-corrected chi connectivity index (χ0v) is 22.8. The van der Waals surface area contributed by atoms with Crippen molar-refractivity contribution < 1.29 is 23.9 Å². The number of carbonyl (C=O) groups is 3. The first-order valence-corrected chi connectivity index (χ1v) is 13.3. The largest absolute Gasteiger partial charge is 0.393 e. The maximum absolute atomic E-state index is 14.2. The van der Waals surface area contributed by atoms with Gasteiger partial charge in [-0.2, -0.15) is 5.10 Å². The Morgan fingerprint density at radius 2 is 1.90 bits per heavy atom. The third-order valence-electron chi connectivity index (χ3n) is 6.89. The van der Waals surface area contributed by atoms with Crippen molar-refractivity contribution in [1.82, 2.24) is 30.0 Å². The third-order valence-corrected chi connectivity index (χ3v) is 7.18. The van der Waals surface area contributed by atoms with Crippen LogP contribution in [0.15, 0.2) is 55.1 Å². The first-order valence-electron chi connectivity index (χ1n) is 12.9. The highest BCUT2D eigenvalue weighted by molar-refractivity contribution is 6.30. The van der Waals surface area contributed by atoms with E-state index in [2.05, 4.69) is 25.7 Å². The van der Waals surface area contributed by atoms with Gasteiger partial charge in [-0.15, -0.1) is 0 Å². The number of carbonyl (C=O) groups excluding carboxylic acids is 3. The lowest BCUT2D eigenvalue weighted by atomic mass is 9.88. The van der Waals surface area contributed by atoms with Gasteiger partial charge >= 0.3 is 0 Å². The highest BCUT2D eigenvalue weighted by Crippen LogP contribution is 2.28. The summed E-state index contributed by atoms with van der Waals surface area (Å²) in [6.07, 6.45) is 4.74. The molecular formula is C28H27ClFN7O4. The summed E-state index contributed by atoms with van der Waals surface area (Å²) in [5.74, 6) is -1.79. The Hall–Kier alpha value is -4.42. The summed E-state index contributed by atoms with van der Waals surface area (Å²) in [7, 11) is 0. The number of aromatic nitrogens is 4. The molecule has 13 heteroatoms. The van der Waals surface area contributed by atoms with E-state index in [1.54, 1.807) is 36.7 Å². The van der Waals surface area contributed by atoms with Crippen LogP contribution in [0.2, 0.25) is 5.02 Å². The van der Waals surface area contributed by atoms with Crippen LogP contribution in [-0.4, -0.2) is 66.0 Å². The van der Waals surface area contributed by atoms with Crippen molar-refractivity contribution in [2.45, 2.75) is 45.0 Å². The Balaban J connectivity index is 1.33. The van der Waals surface area contributed by atoms with Gasteiger partial charge in [0.1, 0.15) is 24.4 Å². The molecule has 0 saturated heterocycles. The van der Waals surface area contributed by atoms with E-state index >= 15 is 0 Å². The quantitative estimate of drug-likeness (QED) is 0.243. The maximum Gasteiger partial charge on any atom is 0.245 e. The summed E-state index contributed by atoms with van der Waals surface area (Å²) >= 11 is 5.82. The standard InChI is InChI=1S/C28H27ClFN7O4/c1-16(38)28-22-7-18(34-19-11-31-15-32-12-19)5-6-24(22)37(35-28)14-26(41)36(20-8-21(39)9-20)13-25(40)33-10-17-3-2-4-23(29)27(17)30/h2-7,11-12,15,20-21,34,39H,8-10,13-14H2,1H3,(H,33,40)/t20-,21-. The molecule has 41 heavy (non-hydrogen) atoms. The minimum atomic E-state index is -0.619. The molecule has 1 fully saturated rings. The SMILES string of the molecule is CC(=O)c1nn(CC(=O)N(CC(=O)NCc2cccc(Cl)c2F)[C@H]2C[C@H](O)C2)c2ccc(Nc3cncnc3)cc12. The molecule has 0 radical (unpaired) electrons. The number of benzene rings is 2. The monoisotopic (exact) mass is 579 g/mol. The maximum atomic E-state index is 14.2. The molecule has 1 saturated carbocycles. The second kappa shape index (κ2) is 12.0. The smallest absolute Gasteiger partial charge is 0.245 e. The van der Waals surface area contributed by atoms with Gasteiger partial charge in [0.2, 0.25) is 11.8 Å². The molecule has 0 unspecified atom stereocenters. The van der Waals surface area contributed by atoms with Crippen LogP contribution < -0.4 is 10.6 Å². The number of nitrogens with one attached hydrogen (secondary N) is 2. The number of hydrogen-bond acceptors (Lipinski definition) is 8. The molecule has 1 aliphatic carbocycles. The van der Waals surface area contributed by atoms with Crippen LogP contribution in [0, 0.1) is 5.82 Å². The lowest BCUT2D eigenvalue weighted by Gasteiger charge is -2.40. The zero-order chi connectivity index (χ0) is 29.1. The van der Waals surface area contributed by atoms with Crippen molar-refractivity contribution in [2.24, 2.45) is 0 Å². The van der Waals surface area contributed by atoms with Gasteiger partial charge in [-0.05, 0) is 37.1 Å². The molecule has 0 spiro atoms. The van der Waals surface area contributed by atoms with E-state index in [0.29, 0.717) is 35.1 Å². The van der Waals surface area contributed by atoms with Crippen molar-refractivity contribution in [3.05, 3.63) is 77.2 Å². The van der Waals surface area contributed by atoms with Crippen LogP contribution in [0.25, 0.3) is 10.9 Å². The van der Waals surface area contributed by atoms with Crippen LogP contribution in [0.1, 0.15) is 35.8 Å². The average molecular weight is 580 g/mol. The van der Waals surface area contributed by atoms with Gasteiger partial charge < -0.3 is 20.6 Å². The van der Waals surface area contributed by atoms with Gasteiger partial charge in [-0.25, -0.2) is 14.4 Å². The normalized spacial score (nSPS) is 16.2. The summed E-state index contributed by atoms with van der Waals surface area (Å²) in [6.45, 7) is 0.780. The Bertz CT molecular complexity index is 1610. The van der Waals surface area contributed by atoms with Gasteiger partial charge in [0, 0.05) is 36.1 Å². The van der Waals surface area contributed by atoms with E-state index in [-0.39, 0.29) is 47.7 Å². The van der Waals surface area contributed by atoms with E-state index in [9.17, 15) is 23.9 Å². The Morgan fingerprint density at radius 1 is 1.15 bits per heavy atom. The number of nitrogens with zero attached hydrogens (tertiary/aromatic N) is 5. The number of hydrogen-bond donors (Lipinski definition) is 3. The van der Waals surface area contributed by atoms with E-state index in [0.717, 1.165) is 0 Å². The van der Waals surface area contributed by atoms with Crippen molar-refractivity contribution >= 4 is 51.5 Å². The average Bonchev–Trinajstić information content (AvgIpc) is 3.29. The Kier molecular flexibility index (Phi) is 8.22. The summed E-state index contributed by atoms with van der Waals surface area (Å²) < 4.78 is 15.7. The summed E-state index contributed by atoms with van der Waals surface area (Å²) in [6, 6.07) is 9.45. The van der Waals surface area contributed by atoms with Crippen molar-refractivity contribution in [3.63, 3.8) is 0 Å². The lowest BCUT2D eigenvalue weighted by molar-refractivity contribution is -0.143. The van der Waals surface area contributed by atoms with Crippen LogP contribution in [0.4, 0.5) is 15.8 Å². The Morgan fingerprint density at radius 3 is 2.61 bits per heavy atom. The minimum absolute atomic E-state index is 0.0506. The molecule has 1 aliphatic rings. The van der Waals surface area contributed by atoms with E-state index in [1.165, 1.54) is 35.0 Å². The highest BCUT2D eigenvalue weighted by Gasteiger charge is 2.36. The van der Waals surface area contributed by atoms with Gasteiger partial charge in [-0.3, -0.25) is 19.1 Å². The minimum Gasteiger partial charge on any atom is -0.393 e. The molecule has 0 bridgehead atoms. The fourth-order valence-electron chi connectivity index (χ4n) is 4.71. The molecule has 3 N–H and O–H groups in total. The number of aliphatic hydroxyl groups excluding tert-OH is 1. The molecule has 212 valence electrons. The molecule has 0 atom stereocenters. The summed E-state index contributed by atoms with van der Waals surface area (Å²) in [5, 5.41) is 20.6. The Labute approximate surface area is 239 Å². The molecule has 2 aromatic carbocycles. The fraction of sp³-hybridized carbons (Fsp3) is 0.286. The summed E-state index contributed by atoms with van der Waals surface area (Å²) in [5.41, 5.74) is 2.32. The topological polar surface area (TPSA) is 142 Å². The van der Waals surface area contributed by atoms with E-state index < -0.39 is 23.7 Å². The number of ketones is 1. The number of Topliss-reactive ketones (excluding diaryl/α,β-unsaturated/α-hetero) is 1. The number of fused-ring (bicyclic) bond motifs is 1. The molecule has 11 nitrogen and oxygen atoms in total.